The van der Waals surface area contributed by atoms with Crippen molar-refractivity contribution < 1.29 is 52.1 Å². The van der Waals surface area contributed by atoms with Crippen LogP contribution in [0.15, 0.2) is 72.8 Å². The van der Waals surface area contributed by atoms with Gasteiger partial charge < -0.3 is 47.2 Å². The van der Waals surface area contributed by atoms with E-state index in [0.29, 0.717) is 53.7 Å². The van der Waals surface area contributed by atoms with E-state index in [9.17, 15) is 42.6 Å². The van der Waals surface area contributed by atoms with Gasteiger partial charge in [0.15, 0.2) is 0 Å². The molecule has 0 radical (unpaired) electrons. The number of carbonyl (C=O) groups excluding carboxylic acids is 4. The highest BCUT2D eigenvalue weighted by molar-refractivity contribution is 6.31. The lowest BCUT2D eigenvalue weighted by Crippen LogP contribution is -2.49. The van der Waals surface area contributed by atoms with Crippen molar-refractivity contribution in [1.82, 2.24) is 21.3 Å². The van der Waals surface area contributed by atoms with Crippen LogP contribution >= 0.6 is 23.2 Å². The molecule has 0 aromatic heterocycles. The number of hydrogen-bond donors (Lipinski definition) is 9. The van der Waals surface area contributed by atoms with Gasteiger partial charge in [0.05, 0.1) is 40.9 Å². The fraction of sp³-hybridized carbons (Fsp3) is 0.500. The second-order valence-electron chi connectivity index (χ2n) is 22.3. The highest BCUT2D eigenvalue weighted by Gasteiger charge is 2.67. The quantitative estimate of drug-likeness (QED) is 0.0556. The molecule has 0 aliphatic carbocycles. The van der Waals surface area contributed by atoms with Crippen LogP contribution in [0.5, 0.6) is 0 Å². The molecule has 9 N–H and O–H groups in total. The molecule has 0 unspecified atom stereocenters. The molecular weight excluding hydrogens is 1020 g/mol. The van der Waals surface area contributed by atoms with E-state index in [1.54, 1.807) is 18.2 Å². The standard InChI is InChI=1S/C28H34ClF2N3O3.C27H32ClF2N3O4.CH4/c1-5-17(35)10-11-32-25(36)24-23(15-6-8-16(30)9-7-15)28(22(34-24)14-27(2,3)4)18-12-20(31)19(29)13-21(18)33-26(28)37;1-26(2,3)12-21-27(16-10-19(30)17(28)11-20(16)32-25(27)37)22(15-6-4-5-7-18(15)29)23(33-21)24(36)31-9-8-14(35)13-34;/h6-9,12-13,17,22-24,34-35H,5,10-11,14H2,1-4H3,(H,32,36)(H,33,37);4-7,10-11,14,21-23,33-35H,8-9,12-13H2,1-3H3,(H,31,36)(H,32,37);1H4/t17-,22-,23+,24-,28+;14-,21+,22-,23+,27-;/m10./s1. The van der Waals surface area contributed by atoms with E-state index in [0.717, 1.165) is 0 Å². The zero-order chi connectivity index (χ0) is 54.2. The molecule has 4 amide bonds. The van der Waals surface area contributed by atoms with Gasteiger partial charge in [-0.05, 0) is 108 Å². The van der Waals surface area contributed by atoms with Crippen LogP contribution in [0.25, 0.3) is 0 Å². The molecule has 75 heavy (non-hydrogen) atoms. The van der Waals surface area contributed by atoms with Crippen LogP contribution in [-0.2, 0) is 30.0 Å². The molecule has 19 heteroatoms. The molecule has 408 valence electrons. The van der Waals surface area contributed by atoms with Crippen molar-refractivity contribution in [2.75, 3.05) is 30.3 Å². The Labute approximate surface area is 446 Å². The Hall–Kier alpha value is -5.14. The van der Waals surface area contributed by atoms with Gasteiger partial charge in [-0.2, -0.15) is 0 Å². The third kappa shape index (κ3) is 11.7. The first-order valence-electron chi connectivity index (χ1n) is 24.9. The van der Waals surface area contributed by atoms with Gasteiger partial charge >= 0.3 is 0 Å². The largest absolute Gasteiger partial charge is 0.394 e. The van der Waals surface area contributed by atoms with E-state index in [1.165, 1.54) is 54.6 Å². The second-order valence-corrected chi connectivity index (χ2v) is 23.1. The van der Waals surface area contributed by atoms with E-state index in [2.05, 4.69) is 31.9 Å². The minimum Gasteiger partial charge on any atom is -0.394 e. The van der Waals surface area contributed by atoms with Crippen molar-refractivity contribution >= 4 is 58.2 Å². The van der Waals surface area contributed by atoms with Gasteiger partial charge in [-0.25, -0.2) is 17.6 Å². The van der Waals surface area contributed by atoms with Crippen LogP contribution in [0.4, 0.5) is 28.9 Å². The monoisotopic (exact) mass is 1080 g/mol. The molecule has 0 bridgehead atoms. The third-order valence-electron chi connectivity index (χ3n) is 14.7. The van der Waals surface area contributed by atoms with Gasteiger partial charge in [-0.15, -0.1) is 0 Å². The van der Waals surface area contributed by atoms with Gasteiger partial charge in [-0.1, -0.05) is 109 Å². The Morgan fingerprint density at radius 1 is 0.667 bits per heavy atom. The number of anilines is 2. The number of fused-ring (bicyclic) bond motifs is 4. The van der Waals surface area contributed by atoms with Crippen molar-refractivity contribution in [1.29, 1.82) is 0 Å². The molecule has 0 saturated carbocycles. The summed E-state index contributed by atoms with van der Waals surface area (Å²) < 4.78 is 59.0. The number of carbonyl (C=O) groups is 4. The average molecular weight is 1090 g/mol. The van der Waals surface area contributed by atoms with Gasteiger partial charge in [-0.3, -0.25) is 19.2 Å². The first-order chi connectivity index (χ1) is 34.8. The third-order valence-corrected chi connectivity index (χ3v) is 15.3. The number of amides is 4. The summed E-state index contributed by atoms with van der Waals surface area (Å²) in [6.45, 7) is 13.8. The number of halogens is 6. The van der Waals surface area contributed by atoms with Crippen molar-refractivity contribution in [3.8, 4) is 0 Å². The van der Waals surface area contributed by atoms with E-state index >= 15 is 4.39 Å². The number of nitrogens with one attached hydrogen (secondary N) is 6. The van der Waals surface area contributed by atoms with Crippen LogP contribution in [0, 0.1) is 34.1 Å². The normalized spacial score (nSPS) is 25.4. The summed E-state index contributed by atoms with van der Waals surface area (Å²) in [4.78, 5) is 55.1. The minimum absolute atomic E-state index is 0. The van der Waals surface area contributed by atoms with Crippen LogP contribution in [0.1, 0.15) is 122 Å². The summed E-state index contributed by atoms with van der Waals surface area (Å²) in [5.41, 5.74) is -1.22. The Balaban J connectivity index is 0.000000241. The predicted octanol–water partition coefficient (Wildman–Crippen LogP) is 8.51. The Morgan fingerprint density at radius 3 is 1.55 bits per heavy atom. The first kappa shape index (κ1) is 59.1. The smallest absolute Gasteiger partial charge is 0.237 e. The molecule has 4 aromatic carbocycles. The molecule has 2 fully saturated rings. The van der Waals surface area contributed by atoms with E-state index in [1.807, 2.05) is 48.5 Å². The van der Waals surface area contributed by atoms with Crippen LogP contribution < -0.4 is 31.9 Å². The van der Waals surface area contributed by atoms with Crippen LogP contribution in [0.3, 0.4) is 0 Å². The number of aliphatic hydroxyl groups is 3. The summed E-state index contributed by atoms with van der Waals surface area (Å²) >= 11 is 12.1. The number of benzene rings is 4. The van der Waals surface area contributed by atoms with Crippen molar-refractivity contribution in [2.24, 2.45) is 10.8 Å². The summed E-state index contributed by atoms with van der Waals surface area (Å²) in [5.74, 6) is -5.87. The molecule has 4 aliphatic heterocycles. The van der Waals surface area contributed by atoms with Gasteiger partial charge in [0.1, 0.15) is 34.1 Å². The maximum absolute atomic E-state index is 15.4. The topological polar surface area (TPSA) is 201 Å². The summed E-state index contributed by atoms with van der Waals surface area (Å²) in [6, 6.07) is 13.8. The minimum atomic E-state index is -1.51. The second kappa shape index (κ2) is 23.2. The molecule has 2 spiro atoms. The SMILES string of the molecule is C.CC(C)(C)C[C@H]1N[C@@H](C(=O)NCC[C@H](O)CO)[C@H](c2ccccc2F)[C@@]12C(=O)Nc1cc(Cl)c(F)cc12.CC[C@@H](O)CCNC(=O)[C@@H]1N[C@H](CC(C)(C)C)[C@]2(C(=O)Nc3cc(Cl)c(F)cc32)[C@H]1c1ccc(F)cc1. The maximum Gasteiger partial charge on any atom is 0.237 e. The lowest BCUT2D eigenvalue weighted by atomic mass is 9.62. The van der Waals surface area contributed by atoms with Gasteiger partial charge in [0, 0.05) is 48.4 Å². The van der Waals surface area contributed by atoms with E-state index in [4.69, 9.17) is 28.3 Å². The molecule has 4 heterocycles. The lowest BCUT2D eigenvalue weighted by molar-refractivity contribution is -0.125. The predicted molar refractivity (Wildman–Crippen MR) is 283 cm³/mol. The van der Waals surface area contributed by atoms with E-state index in [-0.39, 0.29) is 65.2 Å². The van der Waals surface area contributed by atoms with E-state index < -0.39 is 101 Å². The number of aliphatic hydroxyl groups excluding tert-OH is 3. The highest BCUT2D eigenvalue weighted by Crippen LogP contribution is 2.59. The molecule has 2 saturated heterocycles. The van der Waals surface area contributed by atoms with Crippen molar-refractivity contribution in [3.63, 3.8) is 0 Å². The fourth-order valence-electron chi connectivity index (χ4n) is 11.5. The molecular formula is C56H70Cl2F4N6O7. The number of rotatable bonds is 14. The Bertz CT molecular complexity index is 2760. The Morgan fingerprint density at radius 2 is 1.11 bits per heavy atom. The molecule has 4 aliphatic rings. The molecule has 13 nitrogen and oxygen atoms in total. The maximum atomic E-state index is 15.4. The summed E-state index contributed by atoms with van der Waals surface area (Å²) in [6.07, 6.45) is 0.451. The van der Waals surface area contributed by atoms with Crippen LogP contribution in [0.2, 0.25) is 10.0 Å². The van der Waals surface area contributed by atoms with Crippen LogP contribution in [-0.4, -0.2) is 95.0 Å². The summed E-state index contributed by atoms with van der Waals surface area (Å²) in [5, 5.41) is 46.4. The zero-order valence-electron chi connectivity index (χ0n) is 42.4. The molecule has 4 aromatic rings. The zero-order valence-corrected chi connectivity index (χ0v) is 44.0. The summed E-state index contributed by atoms with van der Waals surface area (Å²) in [7, 11) is 0. The highest BCUT2D eigenvalue weighted by atomic mass is 35.5. The molecule has 8 rings (SSSR count). The number of hydrogen-bond acceptors (Lipinski definition) is 9. The fourth-order valence-corrected chi connectivity index (χ4v) is 11.8. The van der Waals surface area contributed by atoms with Crippen molar-refractivity contribution in [2.45, 2.75) is 147 Å². The molecule has 10 atom stereocenters. The van der Waals surface area contributed by atoms with Gasteiger partial charge in [0.2, 0.25) is 23.6 Å². The van der Waals surface area contributed by atoms with Crippen molar-refractivity contribution in [3.05, 3.63) is 128 Å². The lowest BCUT2D eigenvalue weighted by Gasteiger charge is -2.37. The average Bonchev–Trinajstić information content (AvgIpc) is 4.01. The Kier molecular flexibility index (Phi) is 18.3. The first-order valence-corrected chi connectivity index (χ1v) is 25.7. The van der Waals surface area contributed by atoms with Gasteiger partial charge in [0.25, 0.3) is 0 Å².